The number of halogens is 1. The second kappa shape index (κ2) is 3.91. The first-order valence-corrected chi connectivity index (χ1v) is 7.18. The molecular weight excluding hydrogens is 261 g/mol. The van der Waals surface area contributed by atoms with E-state index in [9.17, 15) is 4.39 Å². The summed E-state index contributed by atoms with van der Waals surface area (Å²) >= 11 is 0. The van der Waals surface area contributed by atoms with Gasteiger partial charge >= 0.3 is 0 Å². The lowest BCUT2D eigenvalue weighted by molar-refractivity contribution is -0.574. The lowest BCUT2D eigenvalue weighted by Crippen LogP contribution is -2.43. The minimum Gasteiger partial charge on any atom is -0.278 e. The summed E-state index contributed by atoms with van der Waals surface area (Å²) in [5.74, 6) is -0.107. The molecule has 0 fully saturated rings. The summed E-state index contributed by atoms with van der Waals surface area (Å²) in [4.78, 5) is 0. The van der Waals surface area contributed by atoms with Gasteiger partial charge in [-0.05, 0) is 29.5 Å². The third-order valence-corrected chi connectivity index (χ3v) is 4.61. The van der Waals surface area contributed by atoms with E-state index in [1.165, 1.54) is 0 Å². The van der Waals surface area contributed by atoms with E-state index in [0.29, 0.717) is 5.56 Å². The van der Waals surface area contributed by atoms with Crippen LogP contribution in [-0.2, 0) is 5.41 Å². The smallest absolute Gasteiger partial charge is 0.152 e. The van der Waals surface area contributed by atoms with Crippen molar-refractivity contribution in [3.05, 3.63) is 71.2 Å². The largest absolute Gasteiger partial charge is 0.278 e. The highest BCUT2D eigenvalue weighted by atomic mass is 19.1. The Balaban J connectivity index is 2.28. The molecule has 1 nitrogen and oxygen atoms in total. The quantitative estimate of drug-likeness (QED) is 0.432. The molecule has 4 rings (SSSR count). The molecule has 2 aromatic carbocycles. The number of pyridine rings is 1. The maximum absolute atomic E-state index is 14.8. The highest BCUT2D eigenvalue weighted by molar-refractivity contribution is 5.82. The number of aromatic nitrogens is 1. The van der Waals surface area contributed by atoms with E-state index in [0.717, 1.165) is 27.7 Å². The van der Waals surface area contributed by atoms with Gasteiger partial charge in [-0.2, -0.15) is 0 Å². The number of nitrogens with zero attached hydrogens (tertiary/aromatic N) is 1. The van der Waals surface area contributed by atoms with Crippen molar-refractivity contribution in [2.45, 2.75) is 26.2 Å². The summed E-state index contributed by atoms with van der Waals surface area (Å²) in [5, 5.41) is 1.16. The molecule has 21 heavy (non-hydrogen) atoms. The Labute approximate surface area is 123 Å². The van der Waals surface area contributed by atoms with Gasteiger partial charge < -0.3 is 0 Å². The Morgan fingerprint density at radius 1 is 1.10 bits per heavy atom. The Morgan fingerprint density at radius 2 is 1.90 bits per heavy atom. The summed E-state index contributed by atoms with van der Waals surface area (Å²) in [7, 11) is 0. The molecule has 1 aromatic heterocycles. The Hall–Kier alpha value is -2.22. The van der Waals surface area contributed by atoms with Crippen molar-refractivity contribution in [2.75, 3.05) is 0 Å². The minimum atomic E-state index is -0.361. The molecule has 0 spiro atoms. The molecule has 1 aliphatic heterocycles. The van der Waals surface area contributed by atoms with Crippen molar-refractivity contribution in [3.63, 3.8) is 0 Å². The van der Waals surface area contributed by atoms with Crippen molar-refractivity contribution in [2.24, 2.45) is 0 Å². The van der Waals surface area contributed by atoms with Crippen LogP contribution in [0.3, 0.4) is 0 Å². The van der Waals surface area contributed by atoms with Crippen LogP contribution in [0, 0.1) is 18.9 Å². The van der Waals surface area contributed by atoms with Crippen LogP contribution >= 0.6 is 0 Å². The highest BCUT2D eigenvalue weighted by Gasteiger charge is 2.37. The van der Waals surface area contributed by atoms with E-state index in [4.69, 9.17) is 0 Å². The lowest BCUT2D eigenvalue weighted by atomic mass is 9.73. The van der Waals surface area contributed by atoms with Crippen LogP contribution in [0.2, 0.25) is 0 Å². The first kappa shape index (κ1) is 12.5. The van der Waals surface area contributed by atoms with Gasteiger partial charge in [-0.15, -0.1) is 6.07 Å². The van der Waals surface area contributed by atoms with Crippen LogP contribution in [0.5, 0.6) is 0 Å². The first-order valence-electron chi connectivity index (χ1n) is 7.18. The SMILES string of the molecule is Cc1ccc2c(c1F)C(C)(C)c1cccc3cc[c-][n+]-2c13. The number of benzene rings is 2. The number of hydrogen-bond donors (Lipinski definition) is 0. The average Bonchev–Trinajstić information content (AvgIpc) is 2.47. The fourth-order valence-electron chi connectivity index (χ4n) is 3.49. The van der Waals surface area contributed by atoms with Gasteiger partial charge in [0.1, 0.15) is 17.0 Å². The molecule has 0 N–H and O–H groups in total. The fourth-order valence-corrected chi connectivity index (χ4v) is 3.49. The topological polar surface area (TPSA) is 3.88 Å². The molecule has 104 valence electrons. The lowest BCUT2D eigenvalue weighted by Gasteiger charge is -2.34. The van der Waals surface area contributed by atoms with Gasteiger partial charge in [-0.3, -0.25) is 4.57 Å². The molecule has 0 saturated carbocycles. The van der Waals surface area contributed by atoms with Crippen molar-refractivity contribution in [1.29, 1.82) is 0 Å². The zero-order valence-electron chi connectivity index (χ0n) is 12.4. The van der Waals surface area contributed by atoms with Crippen LogP contribution in [0.15, 0.2) is 42.5 Å². The first-order chi connectivity index (χ1) is 10.0. The van der Waals surface area contributed by atoms with Crippen molar-refractivity contribution < 1.29 is 8.96 Å². The van der Waals surface area contributed by atoms with E-state index in [-0.39, 0.29) is 11.2 Å². The number of fused-ring (bicyclic) bond motifs is 2. The Kier molecular flexibility index (Phi) is 2.33. The van der Waals surface area contributed by atoms with Gasteiger partial charge in [-0.25, -0.2) is 4.39 Å². The number of hydrogen-bond acceptors (Lipinski definition) is 0. The summed E-state index contributed by atoms with van der Waals surface area (Å²) < 4.78 is 16.8. The maximum Gasteiger partial charge on any atom is 0.152 e. The van der Waals surface area contributed by atoms with Gasteiger partial charge in [0.25, 0.3) is 0 Å². The van der Waals surface area contributed by atoms with Crippen molar-refractivity contribution >= 4 is 10.9 Å². The van der Waals surface area contributed by atoms with Crippen molar-refractivity contribution in [1.82, 2.24) is 0 Å². The molecular formula is C19H16FN. The molecule has 0 saturated heterocycles. The molecule has 1 aliphatic rings. The summed E-state index contributed by atoms with van der Waals surface area (Å²) in [5.41, 5.74) is 4.26. The summed E-state index contributed by atoms with van der Waals surface area (Å²) in [6, 6.07) is 14.0. The summed E-state index contributed by atoms with van der Waals surface area (Å²) in [6.45, 7) is 6.01. The van der Waals surface area contributed by atoms with Crippen LogP contribution in [0.4, 0.5) is 4.39 Å². The van der Waals surface area contributed by atoms with Gasteiger partial charge in [0.05, 0.1) is 0 Å². The minimum absolute atomic E-state index is 0.107. The Bertz CT molecular complexity index is 888. The summed E-state index contributed by atoms with van der Waals surface area (Å²) in [6.07, 6.45) is 3.24. The third-order valence-electron chi connectivity index (χ3n) is 4.61. The van der Waals surface area contributed by atoms with Gasteiger partial charge in [0.2, 0.25) is 0 Å². The molecule has 3 aromatic rings. The predicted octanol–water partition coefficient (Wildman–Crippen LogP) is 4.00. The second-order valence-electron chi connectivity index (χ2n) is 6.26. The average molecular weight is 277 g/mol. The standard InChI is InChI=1S/C19H16FN/c1-12-9-10-15-16(17(12)20)19(2,3)14-8-4-6-13-7-5-11-21(15)18(13)14/h4-10H,1-3H3. The van der Waals surface area contributed by atoms with Crippen LogP contribution in [0.25, 0.3) is 16.6 Å². The third kappa shape index (κ3) is 1.48. The van der Waals surface area contributed by atoms with Gasteiger partial charge in [0, 0.05) is 11.0 Å². The van der Waals surface area contributed by atoms with Crippen LogP contribution in [-0.4, -0.2) is 0 Å². The normalized spacial score (nSPS) is 15.0. The van der Waals surface area contributed by atoms with Crippen LogP contribution < -0.4 is 4.57 Å². The van der Waals surface area contributed by atoms with E-state index in [1.807, 2.05) is 35.8 Å². The van der Waals surface area contributed by atoms with Gasteiger partial charge in [0.15, 0.2) is 6.20 Å². The fraction of sp³-hybridized carbons (Fsp3) is 0.211. The van der Waals surface area contributed by atoms with E-state index >= 15 is 0 Å². The molecule has 2 heterocycles. The van der Waals surface area contributed by atoms with E-state index < -0.39 is 0 Å². The highest BCUT2D eigenvalue weighted by Crippen LogP contribution is 2.42. The number of rotatable bonds is 0. The molecule has 0 atom stereocenters. The molecule has 0 unspecified atom stereocenters. The van der Waals surface area contributed by atoms with Crippen molar-refractivity contribution in [3.8, 4) is 5.69 Å². The Morgan fingerprint density at radius 3 is 2.71 bits per heavy atom. The maximum atomic E-state index is 14.8. The molecule has 2 heteroatoms. The zero-order chi connectivity index (χ0) is 14.8. The van der Waals surface area contributed by atoms with E-state index in [2.05, 4.69) is 38.2 Å². The van der Waals surface area contributed by atoms with Crippen LogP contribution in [0.1, 0.15) is 30.5 Å². The molecule has 0 radical (unpaired) electrons. The number of aryl methyl sites for hydroxylation is 1. The second-order valence-corrected chi connectivity index (χ2v) is 6.26. The zero-order valence-corrected chi connectivity index (χ0v) is 12.4. The van der Waals surface area contributed by atoms with E-state index in [1.54, 1.807) is 0 Å². The molecule has 0 bridgehead atoms. The molecule has 0 amide bonds. The monoisotopic (exact) mass is 277 g/mol. The predicted molar refractivity (Wildman–Crippen MR) is 81.1 cm³/mol. The number of para-hydroxylation sites is 1. The van der Waals surface area contributed by atoms with Gasteiger partial charge in [-0.1, -0.05) is 44.2 Å². The molecule has 0 aliphatic carbocycles.